The van der Waals surface area contributed by atoms with Crippen molar-refractivity contribution >= 4 is 17.8 Å². The number of hydrogen-bond donors (Lipinski definition) is 1. The Balaban J connectivity index is 1.89. The van der Waals surface area contributed by atoms with Crippen LogP contribution in [-0.4, -0.2) is 24.6 Å². The maximum absolute atomic E-state index is 8.63. The zero-order chi connectivity index (χ0) is 15.1. The highest BCUT2D eigenvalue weighted by Crippen LogP contribution is 2.21. The molecule has 0 bridgehead atoms. The molecule has 21 heavy (non-hydrogen) atoms. The fourth-order valence-corrected chi connectivity index (χ4v) is 2.01. The van der Waals surface area contributed by atoms with Crippen LogP contribution in [0.4, 0.5) is 0 Å². The number of benzene rings is 2. The topological polar surface area (TPSA) is 51.0 Å². The minimum absolute atomic E-state index is 0.377. The lowest BCUT2D eigenvalue weighted by Crippen LogP contribution is -2.10. The molecular formula is C16H16ClNO3. The second-order valence-electron chi connectivity index (χ2n) is 4.44. The van der Waals surface area contributed by atoms with E-state index in [1.165, 1.54) is 6.21 Å². The van der Waals surface area contributed by atoms with Crippen molar-refractivity contribution in [1.29, 1.82) is 0 Å². The van der Waals surface area contributed by atoms with E-state index in [0.717, 1.165) is 11.3 Å². The Morgan fingerprint density at radius 1 is 1.14 bits per heavy atom. The van der Waals surface area contributed by atoms with Gasteiger partial charge in [-0.05, 0) is 42.8 Å². The first-order valence-corrected chi connectivity index (χ1v) is 6.86. The molecule has 2 rings (SSSR count). The highest BCUT2D eigenvalue weighted by molar-refractivity contribution is 6.30. The van der Waals surface area contributed by atoms with E-state index >= 15 is 0 Å². The summed E-state index contributed by atoms with van der Waals surface area (Å²) in [6.45, 7) is 2.81. The maximum Gasteiger partial charge on any atom is 0.128 e. The van der Waals surface area contributed by atoms with Crippen molar-refractivity contribution in [2.75, 3.05) is 13.2 Å². The maximum atomic E-state index is 8.63. The van der Waals surface area contributed by atoms with Gasteiger partial charge in [0.05, 0.1) is 6.21 Å². The van der Waals surface area contributed by atoms with Gasteiger partial charge in [-0.3, -0.25) is 0 Å². The third-order valence-electron chi connectivity index (χ3n) is 2.77. The highest BCUT2D eigenvalue weighted by Gasteiger charge is 2.03. The molecular weight excluding hydrogens is 290 g/mol. The standard InChI is InChI=1S/C16H16ClNO3/c1-12-3-2-4-15(9-12)20-7-8-21-16-6-5-14(17)10-13(16)11-18-19/h2-6,9-11,19H,7-8H2,1H3. The Labute approximate surface area is 128 Å². The summed E-state index contributed by atoms with van der Waals surface area (Å²) < 4.78 is 11.2. The van der Waals surface area contributed by atoms with Gasteiger partial charge in [0.15, 0.2) is 0 Å². The van der Waals surface area contributed by atoms with E-state index < -0.39 is 0 Å². The minimum atomic E-state index is 0.377. The largest absolute Gasteiger partial charge is 0.490 e. The molecule has 1 N–H and O–H groups in total. The lowest BCUT2D eigenvalue weighted by molar-refractivity contribution is 0.217. The third-order valence-corrected chi connectivity index (χ3v) is 3.00. The van der Waals surface area contributed by atoms with Crippen LogP contribution in [0.15, 0.2) is 47.6 Å². The molecule has 0 unspecified atom stereocenters. The highest BCUT2D eigenvalue weighted by atomic mass is 35.5. The Bertz CT molecular complexity index is 629. The summed E-state index contributed by atoms with van der Waals surface area (Å²) in [5, 5.41) is 12.2. The van der Waals surface area contributed by atoms with Gasteiger partial charge in [0.1, 0.15) is 24.7 Å². The fraction of sp³-hybridized carbons (Fsp3) is 0.188. The fourth-order valence-electron chi connectivity index (χ4n) is 1.83. The molecule has 0 amide bonds. The summed E-state index contributed by atoms with van der Waals surface area (Å²) >= 11 is 5.89. The first-order valence-electron chi connectivity index (χ1n) is 6.48. The van der Waals surface area contributed by atoms with E-state index in [-0.39, 0.29) is 0 Å². The first kappa shape index (κ1) is 15.2. The van der Waals surface area contributed by atoms with E-state index in [9.17, 15) is 0 Å². The van der Waals surface area contributed by atoms with Crippen LogP contribution in [0.3, 0.4) is 0 Å². The zero-order valence-corrected chi connectivity index (χ0v) is 12.4. The van der Waals surface area contributed by atoms with E-state index in [1.54, 1.807) is 18.2 Å². The molecule has 2 aromatic rings. The number of aryl methyl sites for hydroxylation is 1. The number of rotatable bonds is 6. The molecule has 0 saturated carbocycles. The molecule has 110 valence electrons. The molecule has 0 radical (unpaired) electrons. The van der Waals surface area contributed by atoms with Gasteiger partial charge in [0, 0.05) is 10.6 Å². The Morgan fingerprint density at radius 2 is 1.95 bits per heavy atom. The smallest absolute Gasteiger partial charge is 0.128 e. The zero-order valence-electron chi connectivity index (χ0n) is 11.6. The minimum Gasteiger partial charge on any atom is -0.490 e. The average Bonchev–Trinajstić information content (AvgIpc) is 2.46. The third kappa shape index (κ3) is 4.68. The van der Waals surface area contributed by atoms with Gasteiger partial charge in [-0.2, -0.15) is 0 Å². The second kappa shape index (κ2) is 7.55. The predicted molar refractivity (Wildman–Crippen MR) is 83.0 cm³/mol. The van der Waals surface area contributed by atoms with Crippen LogP contribution in [0.2, 0.25) is 5.02 Å². The van der Waals surface area contributed by atoms with Gasteiger partial charge in [-0.25, -0.2) is 0 Å². The van der Waals surface area contributed by atoms with Crippen LogP contribution in [0, 0.1) is 6.92 Å². The van der Waals surface area contributed by atoms with E-state index in [1.807, 2.05) is 31.2 Å². The summed E-state index contributed by atoms with van der Waals surface area (Å²) in [4.78, 5) is 0. The number of oxime groups is 1. The molecule has 4 nitrogen and oxygen atoms in total. The summed E-state index contributed by atoms with van der Waals surface area (Å²) in [7, 11) is 0. The van der Waals surface area contributed by atoms with Crippen LogP contribution in [0.5, 0.6) is 11.5 Å². The van der Waals surface area contributed by atoms with Crippen LogP contribution in [0.25, 0.3) is 0 Å². The lowest BCUT2D eigenvalue weighted by atomic mass is 10.2. The molecule has 0 atom stereocenters. The summed E-state index contributed by atoms with van der Waals surface area (Å²) in [5.41, 5.74) is 1.76. The Kier molecular flexibility index (Phi) is 5.46. The summed E-state index contributed by atoms with van der Waals surface area (Å²) in [6.07, 6.45) is 1.28. The van der Waals surface area contributed by atoms with Gasteiger partial charge in [-0.1, -0.05) is 28.9 Å². The molecule has 0 aliphatic rings. The van der Waals surface area contributed by atoms with Crippen LogP contribution in [-0.2, 0) is 0 Å². The monoisotopic (exact) mass is 305 g/mol. The van der Waals surface area contributed by atoms with Crippen molar-refractivity contribution in [3.8, 4) is 11.5 Å². The van der Waals surface area contributed by atoms with Gasteiger partial charge in [0.25, 0.3) is 0 Å². The molecule has 0 spiro atoms. The summed E-state index contributed by atoms with van der Waals surface area (Å²) in [5.74, 6) is 1.40. The van der Waals surface area contributed by atoms with Gasteiger partial charge in [-0.15, -0.1) is 0 Å². The second-order valence-corrected chi connectivity index (χ2v) is 4.88. The van der Waals surface area contributed by atoms with Crippen LogP contribution < -0.4 is 9.47 Å². The SMILES string of the molecule is Cc1cccc(OCCOc2ccc(Cl)cc2C=NO)c1. The number of hydrogen-bond acceptors (Lipinski definition) is 4. The van der Waals surface area contributed by atoms with Crippen molar-refractivity contribution in [3.63, 3.8) is 0 Å². The normalized spacial score (nSPS) is 10.8. The number of ether oxygens (including phenoxy) is 2. The number of halogens is 1. The predicted octanol–water partition coefficient (Wildman–Crippen LogP) is 3.91. The van der Waals surface area contributed by atoms with Crippen molar-refractivity contribution in [1.82, 2.24) is 0 Å². The van der Waals surface area contributed by atoms with Gasteiger partial charge >= 0.3 is 0 Å². The van der Waals surface area contributed by atoms with Gasteiger partial charge < -0.3 is 14.7 Å². The molecule has 2 aromatic carbocycles. The first-order chi connectivity index (χ1) is 10.2. The van der Waals surface area contributed by atoms with Crippen LogP contribution >= 0.6 is 11.6 Å². The summed E-state index contributed by atoms with van der Waals surface area (Å²) in [6, 6.07) is 12.9. The van der Waals surface area contributed by atoms with Crippen LogP contribution in [0.1, 0.15) is 11.1 Å². The average molecular weight is 306 g/mol. The van der Waals surface area contributed by atoms with E-state index in [2.05, 4.69) is 5.16 Å². The Morgan fingerprint density at radius 3 is 2.71 bits per heavy atom. The molecule has 0 aliphatic heterocycles. The van der Waals surface area contributed by atoms with Crippen molar-refractivity contribution in [2.24, 2.45) is 5.16 Å². The van der Waals surface area contributed by atoms with E-state index in [4.69, 9.17) is 26.3 Å². The van der Waals surface area contributed by atoms with E-state index in [0.29, 0.717) is 29.5 Å². The lowest BCUT2D eigenvalue weighted by Gasteiger charge is -2.10. The quantitative estimate of drug-likeness (QED) is 0.381. The molecule has 0 fully saturated rings. The molecule has 0 heterocycles. The molecule has 5 heteroatoms. The Hall–Kier alpha value is -2.20. The van der Waals surface area contributed by atoms with Crippen molar-refractivity contribution < 1.29 is 14.7 Å². The molecule has 0 aromatic heterocycles. The number of nitrogens with zero attached hydrogens (tertiary/aromatic N) is 1. The molecule has 0 saturated heterocycles. The van der Waals surface area contributed by atoms with Crippen molar-refractivity contribution in [3.05, 3.63) is 58.6 Å². The molecule has 0 aliphatic carbocycles. The van der Waals surface area contributed by atoms with Gasteiger partial charge in [0.2, 0.25) is 0 Å². The van der Waals surface area contributed by atoms with Crippen molar-refractivity contribution in [2.45, 2.75) is 6.92 Å².